The lowest BCUT2D eigenvalue weighted by Gasteiger charge is -2.22. The lowest BCUT2D eigenvalue weighted by molar-refractivity contribution is -0.385. The molecular weight excluding hydrogens is 351 g/mol. The van der Waals surface area contributed by atoms with Crippen molar-refractivity contribution in [3.05, 3.63) is 45.5 Å². The number of nitro groups is 1. The van der Waals surface area contributed by atoms with Gasteiger partial charge in [0.15, 0.2) is 0 Å². The number of nitrogens with one attached hydrogen (secondary N) is 1. The maximum Gasteiger partial charge on any atom is 0.373 e. The minimum atomic E-state index is -0.592. The molecule has 25 heavy (non-hydrogen) atoms. The summed E-state index contributed by atoms with van der Waals surface area (Å²) < 4.78 is 19.0. The van der Waals surface area contributed by atoms with E-state index in [0.29, 0.717) is 5.69 Å². The van der Waals surface area contributed by atoms with E-state index in [9.17, 15) is 14.5 Å². The predicted octanol–water partition coefficient (Wildman–Crippen LogP) is 4.63. The summed E-state index contributed by atoms with van der Waals surface area (Å²) in [6.45, 7) is 0. The minimum Gasteiger partial charge on any atom is -0.469 e. The van der Waals surface area contributed by atoms with Crippen LogP contribution in [0.4, 0.5) is 21.6 Å². The number of benzene rings is 1. The molecule has 1 saturated carbocycles. The smallest absolute Gasteiger partial charge is 0.373 e. The quantitative estimate of drug-likeness (QED) is 0.612. The molecule has 0 saturated heterocycles. The third-order valence-electron chi connectivity index (χ3n) is 3.98. The topological polar surface area (TPSA) is 90.2 Å². The highest BCUT2D eigenvalue weighted by Crippen LogP contribution is 2.35. The van der Waals surface area contributed by atoms with Crippen LogP contribution < -0.4 is 10.1 Å². The molecule has 0 radical (unpaired) electrons. The van der Waals surface area contributed by atoms with Gasteiger partial charge in [0, 0.05) is 5.69 Å². The number of hydrogen-bond donors (Lipinski definition) is 1. The van der Waals surface area contributed by atoms with E-state index >= 15 is 0 Å². The Morgan fingerprint density at radius 1 is 1.28 bits per heavy atom. The Morgan fingerprint density at radius 3 is 2.72 bits per heavy atom. The summed E-state index contributed by atoms with van der Waals surface area (Å²) in [4.78, 5) is 18.8. The molecular formula is C16H16ClFN4O3. The van der Waals surface area contributed by atoms with Crippen LogP contribution in [-0.4, -0.2) is 21.0 Å². The van der Waals surface area contributed by atoms with Crippen molar-refractivity contribution in [2.45, 2.75) is 38.2 Å². The molecule has 1 aliphatic carbocycles. The molecule has 0 bridgehead atoms. The first-order valence-corrected chi connectivity index (χ1v) is 8.30. The molecule has 0 atom stereocenters. The molecule has 3 rings (SSSR count). The maximum atomic E-state index is 13.3. The lowest BCUT2D eigenvalue weighted by atomic mass is 9.98. The van der Waals surface area contributed by atoms with Crippen LogP contribution in [-0.2, 0) is 0 Å². The van der Waals surface area contributed by atoms with Gasteiger partial charge in [0.2, 0.25) is 5.82 Å². The van der Waals surface area contributed by atoms with Gasteiger partial charge in [-0.3, -0.25) is 10.1 Å². The van der Waals surface area contributed by atoms with Gasteiger partial charge >= 0.3 is 5.69 Å². The van der Waals surface area contributed by atoms with Crippen molar-refractivity contribution in [3.8, 4) is 5.88 Å². The highest BCUT2D eigenvalue weighted by atomic mass is 35.5. The van der Waals surface area contributed by atoms with Crippen molar-refractivity contribution in [1.82, 2.24) is 9.97 Å². The second-order valence-corrected chi connectivity index (χ2v) is 6.17. The number of ether oxygens (including phenoxy) is 1. The molecule has 1 aromatic heterocycles. The fourth-order valence-corrected chi connectivity index (χ4v) is 2.94. The van der Waals surface area contributed by atoms with E-state index in [0.717, 1.165) is 38.2 Å². The molecule has 1 fully saturated rings. The number of halogens is 2. The van der Waals surface area contributed by atoms with Crippen LogP contribution in [0, 0.1) is 15.9 Å². The van der Waals surface area contributed by atoms with Gasteiger partial charge in [0.25, 0.3) is 5.88 Å². The summed E-state index contributed by atoms with van der Waals surface area (Å²) >= 11 is 5.74. The van der Waals surface area contributed by atoms with Crippen LogP contribution in [0.1, 0.15) is 32.1 Å². The van der Waals surface area contributed by atoms with Gasteiger partial charge in [0.1, 0.15) is 18.2 Å². The van der Waals surface area contributed by atoms with Crippen LogP contribution in [0.5, 0.6) is 5.88 Å². The van der Waals surface area contributed by atoms with Crippen LogP contribution in [0.3, 0.4) is 0 Å². The van der Waals surface area contributed by atoms with E-state index < -0.39 is 10.7 Å². The van der Waals surface area contributed by atoms with Crippen LogP contribution in [0.15, 0.2) is 24.5 Å². The molecule has 0 unspecified atom stereocenters. The van der Waals surface area contributed by atoms with Crippen molar-refractivity contribution in [3.63, 3.8) is 0 Å². The number of aromatic nitrogens is 2. The molecule has 2 aromatic rings. The molecule has 132 valence electrons. The van der Waals surface area contributed by atoms with Gasteiger partial charge in [-0.1, -0.05) is 18.0 Å². The van der Waals surface area contributed by atoms with Crippen molar-refractivity contribution in [2.24, 2.45) is 0 Å². The normalized spacial score (nSPS) is 15.0. The molecule has 1 heterocycles. The molecule has 7 nitrogen and oxygen atoms in total. The fourth-order valence-electron chi connectivity index (χ4n) is 2.76. The Labute approximate surface area is 148 Å². The van der Waals surface area contributed by atoms with Crippen molar-refractivity contribution in [1.29, 1.82) is 0 Å². The second kappa shape index (κ2) is 7.60. The average Bonchev–Trinajstić information content (AvgIpc) is 2.59. The van der Waals surface area contributed by atoms with Crippen LogP contribution in [0.25, 0.3) is 0 Å². The molecule has 0 amide bonds. The van der Waals surface area contributed by atoms with Crippen molar-refractivity contribution in [2.75, 3.05) is 5.32 Å². The highest BCUT2D eigenvalue weighted by Gasteiger charge is 2.27. The Hall–Kier alpha value is -2.48. The summed E-state index contributed by atoms with van der Waals surface area (Å²) in [5.74, 6) is -0.679. The van der Waals surface area contributed by atoms with E-state index in [1.54, 1.807) is 0 Å². The SMILES string of the molecule is O=[N+]([O-])c1c(Nc2ccc(F)c(Cl)c2)ncnc1OC1CCCCC1. The zero-order chi connectivity index (χ0) is 17.8. The number of hydrogen-bond acceptors (Lipinski definition) is 6. The summed E-state index contributed by atoms with van der Waals surface area (Å²) in [7, 11) is 0. The standard InChI is InChI=1S/C16H16ClFN4O3/c17-12-8-10(6-7-13(12)18)21-15-14(22(23)24)16(20-9-19-15)25-11-4-2-1-3-5-11/h6-9,11H,1-5H2,(H,19,20,21). The Balaban J connectivity index is 1.88. The highest BCUT2D eigenvalue weighted by molar-refractivity contribution is 6.31. The summed E-state index contributed by atoms with van der Waals surface area (Å²) in [6.07, 6.45) is 6.00. The van der Waals surface area contributed by atoms with E-state index in [2.05, 4.69) is 15.3 Å². The van der Waals surface area contributed by atoms with Crippen molar-refractivity contribution >= 4 is 28.8 Å². The van der Waals surface area contributed by atoms with Gasteiger partial charge in [0.05, 0.1) is 9.95 Å². The Bertz CT molecular complexity index is 784. The summed E-state index contributed by atoms with van der Waals surface area (Å²) in [5, 5.41) is 14.2. The summed E-state index contributed by atoms with van der Waals surface area (Å²) in [6, 6.07) is 3.90. The fraction of sp³-hybridized carbons (Fsp3) is 0.375. The van der Waals surface area contributed by atoms with Crippen molar-refractivity contribution < 1.29 is 14.1 Å². The lowest BCUT2D eigenvalue weighted by Crippen LogP contribution is -2.21. The predicted molar refractivity (Wildman–Crippen MR) is 90.9 cm³/mol. The molecule has 0 spiro atoms. The molecule has 9 heteroatoms. The number of anilines is 2. The van der Waals surface area contributed by atoms with Gasteiger partial charge in [-0.05, 0) is 43.9 Å². The number of rotatable bonds is 5. The third kappa shape index (κ3) is 4.14. The third-order valence-corrected chi connectivity index (χ3v) is 4.27. The van der Waals surface area contributed by atoms with E-state index in [1.165, 1.54) is 18.5 Å². The number of nitrogens with zero attached hydrogens (tertiary/aromatic N) is 3. The minimum absolute atomic E-state index is 0.0338. The second-order valence-electron chi connectivity index (χ2n) is 5.76. The molecule has 0 aliphatic heterocycles. The van der Waals surface area contributed by atoms with Gasteiger partial charge < -0.3 is 10.1 Å². The summed E-state index contributed by atoms with van der Waals surface area (Å²) in [5.41, 5.74) is 0.0188. The molecule has 1 N–H and O–H groups in total. The monoisotopic (exact) mass is 366 g/mol. The van der Waals surface area contributed by atoms with Gasteiger partial charge in [-0.25, -0.2) is 9.37 Å². The van der Waals surface area contributed by atoms with E-state index in [1.807, 2.05) is 0 Å². The molecule has 1 aromatic carbocycles. The maximum absolute atomic E-state index is 13.3. The first-order chi connectivity index (χ1) is 12.0. The Kier molecular flexibility index (Phi) is 5.28. The molecule has 1 aliphatic rings. The van der Waals surface area contributed by atoms with Gasteiger partial charge in [-0.2, -0.15) is 4.98 Å². The van der Waals surface area contributed by atoms with E-state index in [4.69, 9.17) is 16.3 Å². The largest absolute Gasteiger partial charge is 0.469 e. The first-order valence-electron chi connectivity index (χ1n) is 7.92. The Morgan fingerprint density at radius 2 is 2.04 bits per heavy atom. The van der Waals surface area contributed by atoms with Crippen LogP contribution in [0.2, 0.25) is 5.02 Å². The first kappa shape index (κ1) is 17.3. The zero-order valence-corrected chi connectivity index (χ0v) is 14.0. The van der Waals surface area contributed by atoms with E-state index in [-0.39, 0.29) is 28.5 Å². The average molecular weight is 367 g/mol. The van der Waals surface area contributed by atoms with Crippen LogP contribution >= 0.6 is 11.6 Å². The zero-order valence-electron chi connectivity index (χ0n) is 13.2. The van der Waals surface area contributed by atoms with Gasteiger partial charge in [-0.15, -0.1) is 0 Å².